The third-order valence-electron chi connectivity index (χ3n) is 3.21. The fraction of sp³-hybridized carbons (Fsp3) is 0.333. The zero-order chi connectivity index (χ0) is 15.8. The van der Waals surface area contributed by atoms with Crippen molar-refractivity contribution in [2.45, 2.75) is 20.3 Å². The second-order valence-electron chi connectivity index (χ2n) is 4.92. The minimum Gasteiger partial charge on any atom is -0.491 e. The summed E-state index contributed by atoms with van der Waals surface area (Å²) in [7, 11) is 0. The first-order chi connectivity index (χ1) is 10.8. The molecule has 0 bridgehead atoms. The van der Waals surface area contributed by atoms with Crippen LogP contribution in [0.1, 0.15) is 18.9 Å². The average Bonchev–Trinajstić information content (AvgIpc) is 2.52. The van der Waals surface area contributed by atoms with Crippen LogP contribution < -0.4 is 0 Å². The molecule has 0 spiro atoms. The number of para-hydroxylation sites is 1. The van der Waals surface area contributed by atoms with Gasteiger partial charge in [0, 0.05) is 19.6 Å². The Morgan fingerprint density at radius 1 is 1.23 bits per heavy atom. The van der Waals surface area contributed by atoms with Gasteiger partial charge < -0.3 is 9.84 Å². The van der Waals surface area contributed by atoms with Crippen molar-refractivity contribution in [3.63, 3.8) is 0 Å². The Morgan fingerprint density at radius 2 is 2.05 bits per heavy atom. The Bertz CT molecular complexity index is 628. The molecule has 1 aliphatic carbocycles. The van der Waals surface area contributed by atoms with E-state index in [1.165, 1.54) is 0 Å². The zero-order valence-electron chi connectivity index (χ0n) is 13.1. The molecule has 22 heavy (non-hydrogen) atoms. The fourth-order valence-electron chi connectivity index (χ4n) is 2.09. The van der Waals surface area contributed by atoms with Crippen molar-refractivity contribution in [3.05, 3.63) is 53.8 Å². The second-order valence-corrected chi connectivity index (χ2v) is 4.92. The summed E-state index contributed by atoms with van der Waals surface area (Å²) in [6, 6.07) is 7.98. The van der Waals surface area contributed by atoms with Crippen LogP contribution >= 0.6 is 0 Å². The Balaban J connectivity index is 2.35. The zero-order valence-corrected chi connectivity index (χ0v) is 13.1. The molecule has 0 unspecified atom stereocenters. The van der Waals surface area contributed by atoms with Gasteiger partial charge in [0.1, 0.15) is 11.5 Å². The van der Waals surface area contributed by atoms with Crippen LogP contribution in [-0.4, -0.2) is 36.3 Å². The highest BCUT2D eigenvalue weighted by molar-refractivity contribution is 6.52. The first kappa shape index (κ1) is 16.2. The molecule has 1 aromatic rings. The Labute approximate surface area is 131 Å². The fourth-order valence-corrected chi connectivity index (χ4v) is 2.09. The topological polar surface area (TPSA) is 54.2 Å². The normalized spacial score (nSPS) is 17.9. The molecule has 1 N–H and O–H groups in total. The first-order valence-corrected chi connectivity index (χ1v) is 7.57. The predicted octanol–water partition coefficient (Wildman–Crippen LogP) is 3.38. The maximum atomic E-state index is 8.90. The molecule has 0 saturated heterocycles. The Morgan fingerprint density at radius 3 is 2.77 bits per heavy atom. The van der Waals surface area contributed by atoms with Gasteiger partial charge >= 0.3 is 0 Å². The van der Waals surface area contributed by atoms with Crippen molar-refractivity contribution >= 4 is 17.1 Å². The number of aryl methyl sites for hydroxylation is 1. The summed E-state index contributed by atoms with van der Waals surface area (Å²) in [4.78, 5) is 9.25. The summed E-state index contributed by atoms with van der Waals surface area (Å²) in [5.41, 5.74) is 3.59. The van der Waals surface area contributed by atoms with Gasteiger partial charge in [0.05, 0.1) is 18.0 Å². The summed E-state index contributed by atoms with van der Waals surface area (Å²) in [5, 5.41) is 8.90. The maximum Gasteiger partial charge on any atom is 0.147 e. The van der Waals surface area contributed by atoms with Crippen LogP contribution in [0.15, 0.2) is 58.2 Å². The third-order valence-corrected chi connectivity index (χ3v) is 3.21. The lowest BCUT2D eigenvalue weighted by Crippen LogP contribution is -2.20. The van der Waals surface area contributed by atoms with E-state index in [-0.39, 0.29) is 6.61 Å². The molecule has 0 amide bonds. The molecule has 4 heteroatoms. The number of ether oxygens (including phenoxy) is 1. The Kier molecular flexibility index (Phi) is 6.10. The predicted molar refractivity (Wildman–Crippen MR) is 91.1 cm³/mol. The largest absolute Gasteiger partial charge is 0.491 e. The standard InChI is InChI=1S/C18H22N2O2/c1-3-19-16-10-6-11-17(22-13-7-12-21)18(16)20-15-9-5-4-8-14(15)2/h4-6,8-11,21H,3,7,12-13H2,1-2H3. The van der Waals surface area contributed by atoms with E-state index in [0.717, 1.165) is 22.7 Å². The number of aliphatic imine (C=N–C) groups is 2. The summed E-state index contributed by atoms with van der Waals surface area (Å²) in [5.74, 6) is 0.700. The van der Waals surface area contributed by atoms with Gasteiger partial charge in [-0.1, -0.05) is 24.3 Å². The van der Waals surface area contributed by atoms with E-state index in [2.05, 4.69) is 4.99 Å². The minimum absolute atomic E-state index is 0.114. The third kappa shape index (κ3) is 4.15. The van der Waals surface area contributed by atoms with E-state index >= 15 is 0 Å². The van der Waals surface area contributed by atoms with Crippen molar-refractivity contribution in [3.8, 4) is 0 Å². The SMILES string of the molecule is CCN=C1C=CC=C(OCCCO)C1=Nc1ccccc1C. The van der Waals surface area contributed by atoms with E-state index in [1.807, 2.05) is 56.3 Å². The summed E-state index contributed by atoms with van der Waals surface area (Å²) >= 11 is 0. The van der Waals surface area contributed by atoms with E-state index in [1.54, 1.807) is 0 Å². The molecule has 4 nitrogen and oxygen atoms in total. The molecule has 1 aliphatic rings. The number of nitrogens with zero attached hydrogens (tertiary/aromatic N) is 2. The van der Waals surface area contributed by atoms with Crippen molar-refractivity contribution in [1.29, 1.82) is 0 Å². The first-order valence-electron chi connectivity index (χ1n) is 7.57. The molecule has 1 aromatic carbocycles. The van der Waals surface area contributed by atoms with Crippen LogP contribution in [0, 0.1) is 6.92 Å². The van der Waals surface area contributed by atoms with Crippen LogP contribution in [0.3, 0.4) is 0 Å². The summed E-state index contributed by atoms with van der Waals surface area (Å²) < 4.78 is 5.76. The number of rotatable bonds is 6. The van der Waals surface area contributed by atoms with Gasteiger partial charge in [-0.15, -0.1) is 0 Å². The lowest BCUT2D eigenvalue weighted by molar-refractivity contribution is 0.189. The van der Waals surface area contributed by atoms with E-state index in [0.29, 0.717) is 25.3 Å². The van der Waals surface area contributed by atoms with E-state index in [9.17, 15) is 0 Å². The molecule has 0 radical (unpaired) electrons. The monoisotopic (exact) mass is 298 g/mol. The van der Waals surface area contributed by atoms with Crippen molar-refractivity contribution in [1.82, 2.24) is 0 Å². The van der Waals surface area contributed by atoms with Gasteiger partial charge in [0.2, 0.25) is 0 Å². The summed E-state index contributed by atoms with van der Waals surface area (Å²) in [6.07, 6.45) is 6.35. The molecular weight excluding hydrogens is 276 g/mol. The number of aliphatic hydroxyl groups is 1. The Hall–Kier alpha value is -2.20. The van der Waals surface area contributed by atoms with Crippen molar-refractivity contribution in [2.24, 2.45) is 9.98 Å². The van der Waals surface area contributed by atoms with Gasteiger partial charge in [-0.05, 0) is 37.6 Å². The number of allylic oxidation sites excluding steroid dienone is 4. The molecule has 0 aliphatic heterocycles. The lowest BCUT2D eigenvalue weighted by Gasteiger charge is -2.16. The number of benzene rings is 1. The molecule has 2 rings (SSSR count). The highest BCUT2D eigenvalue weighted by atomic mass is 16.5. The van der Waals surface area contributed by atoms with E-state index in [4.69, 9.17) is 14.8 Å². The molecule has 0 atom stereocenters. The number of hydrogen-bond acceptors (Lipinski definition) is 4. The second kappa shape index (κ2) is 8.29. The summed E-state index contributed by atoms with van der Waals surface area (Å²) in [6.45, 7) is 5.30. The smallest absolute Gasteiger partial charge is 0.147 e. The maximum absolute atomic E-state index is 8.90. The van der Waals surface area contributed by atoms with Crippen LogP contribution in [0.25, 0.3) is 0 Å². The highest BCUT2D eigenvalue weighted by Gasteiger charge is 2.17. The molecule has 0 saturated carbocycles. The average molecular weight is 298 g/mol. The number of aliphatic hydroxyl groups excluding tert-OH is 1. The van der Waals surface area contributed by atoms with Crippen molar-refractivity contribution < 1.29 is 9.84 Å². The van der Waals surface area contributed by atoms with Crippen LogP contribution in [0.2, 0.25) is 0 Å². The quantitative estimate of drug-likeness (QED) is 0.646. The number of hydrogen-bond donors (Lipinski definition) is 1. The molecule has 0 heterocycles. The lowest BCUT2D eigenvalue weighted by atomic mass is 10.1. The van der Waals surface area contributed by atoms with E-state index < -0.39 is 0 Å². The molecular formula is C18H22N2O2. The van der Waals surface area contributed by atoms with Gasteiger partial charge in [0.15, 0.2) is 0 Å². The van der Waals surface area contributed by atoms with Crippen LogP contribution in [0.5, 0.6) is 0 Å². The van der Waals surface area contributed by atoms with Gasteiger partial charge in [0.25, 0.3) is 0 Å². The van der Waals surface area contributed by atoms with Gasteiger partial charge in [-0.2, -0.15) is 0 Å². The van der Waals surface area contributed by atoms with Gasteiger partial charge in [-0.25, -0.2) is 4.99 Å². The van der Waals surface area contributed by atoms with Crippen LogP contribution in [-0.2, 0) is 4.74 Å². The highest BCUT2D eigenvalue weighted by Crippen LogP contribution is 2.21. The van der Waals surface area contributed by atoms with Crippen LogP contribution in [0.4, 0.5) is 5.69 Å². The van der Waals surface area contributed by atoms with Gasteiger partial charge in [-0.3, -0.25) is 4.99 Å². The molecule has 116 valence electrons. The minimum atomic E-state index is 0.114. The molecule has 0 fully saturated rings. The van der Waals surface area contributed by atoms with Crippen molar-refractivity contribution in [2.75, 3.05) is 19.8 Å². The molecule has 0 aromatic heterocycles.